The second-order valence-corrected chi connectivity index (χ2v) is 9.35. The molecule has 1 heterocycles. The minimum absolute atomic E-state index is 0.0212. The van der Waals surface area contributed by atoms with Gasteiger partial charge in [-0.1, -0.05) is 61.4 Å². The molecule has 1 saturated carbocycles. The summed E-state index contributed by atoms with van der Waals surface area (Å²) in [6.45, 7) is -0.0212. The molecule has 2 atom stereocenters. The molecule has 0 amide bonds. The van der Waals surface area contributed by atoms with E-state index in [0.717, 1.165) is 5.92 Å². The van der Waals surface area contributed by atoms with Crippen molar-refractivity contribution in [3.8, 4) is 23.2 Å². The van der Waals surface area contributed by atoms with E-state index in [4.69, 9.17) is 10.00 Å². The highest BCUT2D eigenvalue weighted by molar-refractivity contribution is 5.60. The first-order valence-corrected chi connectivity index (χ1v) is 12.0. The number of nitrogens with zero attached hydrogens (tertiary/aromatic N) is 2. The highest BCUT2D eigenvalue weighted by Gasteiger charge is 2.29. The molecule has 2 aliphatic carbocycles. The zero-order chi connectivity index (χ0) is 24.2. The van der Waals surface area contributed by atoms with Crippen LogP contribution in [0.5, 0.6) is 5.88 Å². The van der Waals surface area contributed by atoms with E-state index in [0.29, 0.717) is 46.5 Å². The van der Waals surface area contributed by atoms with Gasteiger partial charge in [0.25, 0.3) is 0 Å². The van der Waals surface area contributed by atoms with Gasteiger partial charge in [-0.25, -0.2) is 13.8 Å². The number of benzene rings is 2. The molecule has 2 unspecified atom stereocenters. The maximum absolute atomic E-state index is 15.1. The van der Waals surface area contributed by atoms with Crippen molar-refractivity contribution in [1.29, 1.82) is 5.26 Å². The second-order valence-electron chi connectivity index (χ2n) is 9.35. The van der Waals surface area contributed by atoms with Crippen LogP contribution in [0.1, 0.15) is 36.0 Å². The Balaban J connectivity index is 1.27. The van der Waals surface area contributed by atoms with Crippen LogP contribution in [0, 0.1) is 40.7 Å². The molecule has 1 fully saturated rings. The summed E-state index contributed by atoms with van der Waals surface area (Å²) < 4.78 is 34.9. The number of rotatable bonds is 8. The van der Waals surface area contributed by atoms with Crippen molar-refractivity contribution in [3.63, 3.8) is 0 Å². The van der Waals surface area contributed by atoms with Gasteiger partial charge in [0.15, 0.2) is 0 Å². The topological polar surface area (TPSA) is 45.9 Å². The van der Waals surface area contributed by atoms with Crippen LogP contribution in [0.2, 0.25) is 0 Å². The first kappa shape index (κ1) is 23.0. The van der Waals surface area contributed by atoms with Gasteiger partial charge >= 0.3 is 0 Å². The fourth-order valence-corrected chi connectivity index (χ4v) is 4.58. The van der Waals surface area contributed by atoms with Crippen molar-refractivity contribution in [3.05, 3.63) is 107 Å². The van der Waals surface area contributed by atoms with Crippen molar-refractivity contribution >= 4 is 0 Å². The van der Waals surface area contributed by atoms with E-state index < -0.39 is 5.82 Å². The largest absolute Gasteiger partial charge is 0.473 e. The SMILES string of the molecule is N#Cc1ccc(COc2cccc(-c3ccc(CC4C=CC=CC4CC4CC4)c(F)c3)n2)c(F)c1. The lowest BCUT2D eigenvalue weighted by Gasteiger charge is -2.24. The van der Waals surface area contributed by atoms with Crippen LogP contribution in [0.15, 0.2) is 78.9 Å². The Labute approximate surface area is 204 Å². The maximum Gasteiger partial charge on any atom is 0.214 e. The predicted octanol–water partition coefficient (Wildman–Crippen LogP) is 7.18. The minimum atomic E-state index is -0.500. The van der Waals surface area contributed by atoms with E-state index in [-0.39, 0.29) is 18.0 Å². The van der Waals surface area contributed by atoms with Crippen molar-refractivity contribution < 1.29 is 13.5 Å². The molecular weight excluding hydrogens is 442 g/mol. The third kappa shape index (κ3) is 5.66. The molecule has 2 aromatic carbocycles. The van der Waals surface area contributed by atoms with Crippen molar-refractivity contribution in [2.24, 2.45) is 17.8 Å². The van der Waals surface area contributed by atoms with Gasteiger partial charge in [-0.2, -0.15) is 5.26 Å². The summed E-state index contributed by atoms with van der Waals surface area (Å²) in [5, 5.41) is 8.87. The molecule has 3 aromatic rings. The summed E-state index contributed by atoms with van der Waals surface area (Å²) in [6, 6.07) is 16.7. The standard InChI is InChI=1S/C30H26F2N2O/c31-27-15-21(18-33)10-11-26(27)19-35-30-7-3-6-29(34-30)25-13-12-24(28(32)17-25)16-23-5-2-1-4-22(23)14-20-8-9-20/h1-7,10-13,15,17,20,22-23H,8-9,14,16,19H2. The molecule has 35 heavy (non-hydrogen) atoms. The van der Waals surface area contributed by atoms with Crippen LogP contribution < -0.4 is 4.74 Å². The van der Waals surface area contributed by atoms with Crippen LogP contribution in [-0.2, 0) is 13.0 Å². The number of pyridine rings is 1. The van der Waals surface area contributed by atoms with E-state index in [9.17, 15) is 4.39 Å². The molecule has 0 aliphatic heterocycles. The van der Waals surface area contributed by atoms with Crippen LogP contribution >= 0.6 is 0 Å². The Morgan fingerprint density at radius 2 is 1.69 bits per heavy atom. The van der Waals surface area contributed by atoms with Crippen LogP contribution in [-0.4, -0.2) is 4.98 Å². The first-order valence-electron chi connectivity index (χ1n) is 12.0. The summed E-state index contributed by atoms with van der Waals surface area (Å²) >= 11 is 0. The van der Waals surface area contributed by atoms with E-state index in [1.54, 1.807) is 24.3 Å². The van der Waals surface area contributed by atoms with Gasteiger partial charge in [0.2, 0.25) is 5.88 Å². The molecule has 0 radical (unpaired) electrons. The molecule has 2 aliphatic rings. The lowest BCUT2D eigenvalue weighted by molar-refractivity contribution is 0.288. The quantitative estimate of drug-likeness (QED) is 0.352. The zero-order valence-corrected chi connectivity index (χ0v) is 19.3. The molecule has 0 saturated heterocycles. The summed E-state index contributed by atoms with van der Waals surface area (Å²) in [6.07, 6.45) is 13.2. The summed E-state index contributed by atoms with van der Waals surface area (Å²) in [7, 11) is 0. The lowest BCUT2D eigenvalue weighted by atomic mass is 9.80. The Bertz CT molecular complexity index is 1320. The molecular formula is C30H26F2N2O. The highest BCUT2D eigenvalue weighted by atomic mass is 19.1. The summed E-state index contributed by atoms with van der Waals surface area (Å²) in [5.74, 6) is 1.21. The van der Waals surface area contributed by atoms with Gasteiger partial charge in [0.05, 0.1) is 17.3 Å². The van der Waals surface area contributed by atoms with Crippen LogP contribution in [0.4, 0.5) is 8.78 Å². The van der Waals surface area contributed by atoms with Crippen molar-refractivity contribution in [2.75, 3.05) is 0 Å². The molecule has 5 rings (SSSR count). The number of aromatic nitrogens is 1. The lowest BCUT2D eigenvalue weighted by Crippen LogP contribution is -2.16. The van der Waals surface area contributed by atoms with Gasteiger partial charge in [0, 0.05) is 17.2 Å². The zero-order valence-electron chi connectivity index (χ0n) is 19.3. The van der Waals surface area contributed by atoms with E-state index in [1.165, 1.54) is 37.5 Å². The van der Waals surface area contributed by atoms with Gasteiger partial charge in [-0.3, -0.25) is 0 Å². The smallest absolute Gasteiger partial charge is 0.214 e. The molecule has 0 N–H and O–H groups in total. The average Bonchev–Trinajstić information content (AvgIpc) is 3.70. The fraction of sp³-hybridized carbons (Fsp3) is 0.267. The van der Waals surface area contributed by atoms with Crippen molar-refractivity contribution in [2.45, 2.75) is 32.3 Å². The first-order chi connectivity index (χ1) is 17.1. The number of hydrogen-bond donors (Lipinski definition) is 0. The Morgan fingerprint density at radius 1 is 0.914 bits per heavy atom. The molecule has 3 nitrogen and oxygen atoms in total. The Kier molecular flexibility index (Phi) is 6.72. The van der Waals surface area contributed by atoms with Crippen LogP contribution in [0.3, 0.4) is 0 Å². The predicted molar refractivity (Wildman–Crippen MR) is 131 cm³/mol. The van der Waals surface area contributed by atoms with E-state index in [1.807, 2.05) is 18.2 Å². The number of halogens is 2. The molecule has 5 heteroatoms. The number of ether oxygens (including phenoxy) is 1. The Morgan fingerprint density at radius 3 is 2.43 bits per heavy atom. The molecule has 1 aromatic heterocycles. The fourth-order valence-electron chi connectivity index (χ4n) is 4.58. The normalized spacial score (nSPS) is 18.9. The number of nitriles is 1. The monoisotopic (exact) mass is 468 g/mol. The average molecular weight is 469 g/mol. The van der Waals surface area contributed by atoms with Crippen molar-refractivity contribution in [1.82, 2.24) is 4.98 Å². The Hall–Kier alpha value is -3.78. The highest BCUT2D eigenvalue weighted by Crippen LogP contribution is 2.40. The van der Waals surface area contributed by atoms with Gasteiger partial charge in [-0.15, -0.1) is 0 Å². The van der Waals surface area contributed by atoms with Gasteiger partial charge < -0.3 is 4.74 Å². The number of hydrogen-bond acceptors (Lipinski definition) is 3. The van der Waals surface area contributed by atoms with Gasteiger partial charge in [-0.05, 0) is 60.4 Å². The third-order valence-corrected chi connectivity index (χ3v) is 6.77. The summed E-state index contributed by atoms with van der Waals surface area (Å²) in [4.78, 5) is 4.48. The molecule has 0 bridgehead atoms. The maximum atomic E-state index is 15.1. The molecule has 0 spiro atoms. The second kappa shape index (κ2) is 10.2. The van der Waals surface area contributed by atoms with E-state index in [2.05, 4.69) is 29.3 Å². The molecule has 176 valence electrons. The summed E-state index contributed by atoms with van der Waals surface area (Å²) in [5.41, 5.74) is 2.54. The minimum Gasteiger partial charge on any atom is -0.473 e. The van der Waals surface area contributed by atoms with Gasteiger partial charge in [0.1, 0.15) is 18.2 Å². The number of allylic oxidation sites excluding steroid dienone is 4. The van der Waals surface area contributed by atoms with Crippen LogP contribution in [0.25, 0.3) is 11.3 Å². The van der Waals surface area contributed by atoms with E-state index >= 15 is 4.39 Å². The third-order valence-electron chi connectivity index (χ3n) is 6.77.